The van der Waals surface area contributed by atoms with Crippen LogP contribution in [0.25, 0.3) is 11.0 Å². The van der Waals surface area contributed by atoms with E-state index in [1.54, 1.807) is 0 Å². The molecule has 3 aromatic rings. The molecule has 1 aromatic heterocycles. The summed E-state index contributed by atoms with van der Waals surface area (Å²) in [6.45, 7) is 0.736. The quantitative estimate of drug-likeness (QED) is 0.722. The Bertz CT molecular complexity index is 810. The maximum atomic E-state index is 5.71. The van der Waals surface area contributed by atoms with E-state index in [2.05, 4.69) is 37.6 Å². The number of nitrogens with zero attached hydrogens (tertiary/aromatic N) is 2. The van der Waals surface area contributed by atoms with Crippen molar-refractivity contribution in [2.24, 2.45) is 5.73 Å². The number of hydrogen-bond acceptors (Lipinski definition) is 2. The molecular weight excluding hydrogens is 346 g/mol. The van der Waals surface area contributed by atoms with Crippen LogP contribution >= 0.6 is 28.1 Å². The molecule has 21 heavy (non-hydrogen) atoms. The molecule has 1 heterocycles. The van der Waals surface area contributed by atoms with Crippen LogP contribution < -0.4 is 5.73 Å². The molecule has 5 heteroatoms. The van der Waals surface area contributed by atoms with Crippen molar-refractivity contribution in [3.63, 3.8) is 0 Å². The minimum Gasteiger partial charge on any atom is -0.393 e. The van der Waals surface area contributed by atoms with Crippen molar-refractivity contribution in [2.45, 2.75) is 13.0 Å². The molecule has 0 amide bonds. The van der Waals surface area contributed by atoms with Gasteiger partial charge in [0.1, 0.15) is 5.82 Å². The molecule has 0 aliphatic carbocycles. The average molecular weight is 360 g/mol. The van der Waals surface area contributed by atoms with Gasteiger partial charge in [-0.2, -0.15) is 0 Å². The first kappa shape index (κ1) is 14.2. The maximum absolute atomic E-state index is 5.71. The molecule has 0 aliphatic heterocycles. The van der Waals surface area contributed by atoms with Gasteiger partial charge in [-0.3, -0.25) is 0 Å². The molecule has 0 bridgehead atoms. The largest absolute Gasteiger partial charge is 0.393 e. The van der Waals surface area contributed by atoms with Crippen LogP contribution in [0.5, 0.6) is 0 Å². The third-order valence-electron chi connectivity index (χ3n) is 3.35. The smallest absolute Gasteiger partial charge is 0.116 e. The standard InChI is InChI=1S/C16H14BrN3S/c17-12-6-2-1-5-11(12)10-20-14-8-4-3-7-13(14)19-16(20)9-15(18)21/h1-8H,9-10H2,(H2,18,21). The van der Waals surface area contributed by atoms with E-state index in [9.17, 15) is 0 Å². The Labute approximate surface area is 136 Å². The predicted molar refractivity (Wildman–Crippen MR) is 93.5 cm³/mol. The molecule has 0 aliphatic rings. The van der Waals surface area contributed by atoms with Crippen molar-refractivity contribution in [2.75, 3.05) is 0 Å². The molecule has 106 valence electrons. The number of rotatable bonds is 4. The summed E-state index contributed by atoms with van der Waals surface area (Å²) in [7, 11) is 0. The van der Waals surface area contributed by atoms with Gasteiger partial charge >= 0.3 is 0 Å². The second-order valence-corrected chi connectivity index (χ2v) is 6.22. The fraction of sp³-hybridized carbons (Fsp3) is 0.125. The van der Waals surface area contributed by atoms with E-state index in [1.165, 1.54) is 5.56 Å². The van der Waals surface area contributed by atoms with Gasteiger partial charge in [0.05, 0.1) is 29.0 Å². The summed E-state index contributed by atoms with van der Waals surface area (Å²) in [4.78, 5) is 5.12. The zero-order valence-electron chi connectivity index (χ0n) is 11.3. The van der Waals surface area contributed by atoms with E-state index in [-0.39, 0.29) is 0 Å². The average Bonchev–Trinajstić information content (AvgIpc) is 2.78. The lowest BCUT2D eigenvalue weighted by Crippen LogP contribution is -2.16. The van der Waals surface area contributed by atoms with Crippen LogP contribution in [0.1, 0.15) is 11.4 Å². The first-order chi connectivity index (χ1) is 10.1. The summed E-state index contributed by atoms with van der Waals surface area (Å²) in [5.41, 5.74) is 8.97. The molecule has 0 spiro atoms. The van der Waals surface area contributed by atoms with Crippen LogP contribution in [-0.2, 0) is 13.0 Å². The summed E-state index contributed by atoms with van der Waals surface area (Å²) in [5, 5.41) is 0. The van der Waals surface area contributed by atoms with Gasteiger partial charge in [0.2, 0.25) is 0 Å². The minimum atomic E-state index is 0.457. The second-order valence-electron chi connectivity index (χ2n) is 4.84. The van der Waals surface area contributed by atoms with Gasteiger partial charge in [-0.25, -0.2) is 4.98 Å². The van der Waals surface area contributed by atoms with E-state index in [0.717, 1.165) is 27.9 Å². The number of imidazole rings is 1. The topological polar surface area (TPSA) is 43.8 Å². The molecule has 0 saturated carbocycles. The van der Waals surface area contributed by atoms with Crippen molar-refractivity contribution in [3.05, 3.63) is 64.4 Å². The molecule has 2 aromatic carbocycles. The van der Waals surface area contributed by atoms with Crippen LogP contribution in [-0.4, -0.2) is 14.5 Å². The van der Waals surface area contributed by atoms with Gasteiger partial charge < -0.3 is 10.3 Å². The van der Waals surface area contributed by atoms with Crippen LogP contribution in [0.4, 0.5) is 0 Å². The number of halogens is 1. The van der Waals surface area contributed by atoms with Crippen LogP contribution in [0, 0.1) is 0 Å². The van der Waals surface area contributed by atoms with Crippen molar-refractivity contribution >= 4 is 44.2 Å². The Morgan fingerprint density at radius 2 is 1.86 bits per heavy atom. The van der Waals surface area contributed by atoms with Crippen LogP contribution in [0.3, 0.4) is 0 Å². The van der Waals surface area contributed by atoms with E-state index in [1.807, 2.05) is 36.4 Å². The fourth-order valence-electron chi connectivity index (χ4n) is 2.39. The normalized spacial score (nSPS) is 10.9. The minimum absolute atomic E-state index is 0.457. The van der Waals surface area contributed by atoms with Gasteiger partial charge in [0.25, 0.3) is 0 Å². The Balaban J connectivity index is 2.11. The second kappa shape index (κ2) is 5.95. The Morgan fingerprint density at radius 1 is 1.14 bits per heavy atom. The number of benzene rings is 2. The van der Waals surface area contributed by atoms with E-state index >= 15 is 0 Å². The first-order valence-corrected chi connectivity index (χ1v) is 7.81. The number of hydrogen-bond donors (Lipinski definition) is 1. The summed E-state index contributed by atoms with van der Waals surface area (Å²) in [6, 6.07) is 16.3. The summed E-state index contributed by atoms with van der Waals surface area (Å²) < 4.78 is 3.26. The van der Waals surface area contributed by atoms with Gasteiger partial charge in [-0.05, 0) is 23.8 Å². The number of fused-ring (bicyclic) bond motifs is 1. The molecular formula is C16H14BrN3S. The maximum Gasteiger partial charge on any atom is 0.116 e. The molecule has 3 rings (SSSR count). The van der Waals surface area contributed by atoms with E-state index in [4.69, 9.17) is 18.0 Å². The molecule has 0 unspecified atom stereocenters. The fourth-order valence-corrected chi connectivity index (χ4v) is 2.93. The third-order valence-corrected chi connectivity index (χ3v) is 4.27. The number of para-hydroxylation sites is 2. The van der Waals surface area contributed by atoms with Crippen molar-refractivity contribution in [3.8, 4) is 0 Å². The van der Waals surface area contributed by atoms with Crippen molar-refractivity contribution in [1.29, 1.82) is 0 Å². The van der Waals surface area contributed by atoms with Crippen LogP contribution in [0.2, 0.25) is 0 Å². The van der Waals surface area contributed by atoms with E-state index in [0.29, 0.717) is 11.4 Å². The predicted octanol–water partition coefficient (Wildman–Crippen LogP) is 3.68. The van der Waals surface area contributed by atoms with Crippen molar-refractivity contribution in [1.82, 2.24) is 9.55 Å². The zero-order valence-corrected chi connectivity index (χ0v) is 13.7. The van der Waals surface area contributed by atoms with Gasteiger partial charge in [0.15, 0.2) is 0 Å². The number of nitrogens with two attached hydrogens (primary N) is 1. The van der Waals surface area contributed by atoms with Gasteiger partial charge in [-0.1, -0.05) is 58.5 Å². The Morgan fingerprint density at radius 3 is 2.62 bits per heavy atom. The summed E-state index contributed by atoms with van der Waals surface area (Å²) in [5.74, 6) is 0.902. The zero-order chi connectivity index (χ0) is 14.8. The van der Waals surface area contributed by atoms with Crippen LogP contribution in [0.15, 0.2) is 53.0 Å². The third kappa shape index (κ3) is 2.99. The Hall–Kier alpha value is -1.72. The highest BCUT2D eigenvalue weighted by Crippen LogP contribution is 2.22. The summed E-state index contributed by atoms with van der Waals surface area (Å²) >= 11 is 8.64. The lowest BCUT2D eigenvalue weighted by molar-refractivity contribution is 0.771. The molecule has 2 N–H and O–H groups in total. The Kier molecular flexibility index (Phi) is 4.03. The number of aromatic nitrogens is 2. The first-order valence-electron chi connectivity index (χ1n) is 6.61. The van der Waals surface area contributed by atoms with Gasteiger partial charge in [-0.15, -0.1) is 0 Å². The highest BCUT2D eigenvalue weighted by Gasteiger charge is 2.12. The molecule has 0 fully saturated rings. The lowest BCUT2D eigenvalue weighted by Gasteiger charge is -2.10. The highest BCUT2D eigenvalue weighted by atomic mass is 79.9. The SMILES string of the molecule is NC(=S)Cc1nc2ccccc2n1Cc1ccccc1Br. The molecule has 0 atom stereocenters. The lowest BCUT2D eigenvalue weighted by atomic mass is 10.2. The monoisotopic (exact) mass is 359 g/mol. The van der Waals surface area contributed by atoms with Crippen molar-refractivity contribution < 1.29 is 0 Å². The molecule has 0 saturated heterocycles. The highest BCUT2D eigenvalue weighted by molar-refractivity contribution is 9.10. The van der Waals surface area contributed by atoms with E-state index < -0.39 is 0 Å². The number of thiocarbonyl (C=S) groups is 1. The summed E-state index contributed by atoms with van der Waals surface area (Å²) in [6.07, 6.45) is 0.508. The molecule has 3 nitrogen and oxygen atoms in total. The van der Waals surface area contributed by atoms with Gasteiger partial charge in [0, 0.05) is 4.47 Å². The molecule has 0 radical (unpaired) electrons.